The molecule has 0 heterocycles. The maximum Gasteiger partial charge on any atom is 0.129 e. The second kappa shape index (κ2) is 18.3. The SMILES string of the molecule is CCCCCC1CCC(C2CCC(C#CC#CC3(OC)CCC(C4CCC(CCC)CC4)CC3)(CCCCC)CC2)CC1. The summed E-state index contributed by atoms with van der Waals surface area (Å²) in [5.74, 6) is 20.1. The Balaban J connectivity index is 1.28. The normalized spacial score (nSPS) is 36.7. The van der Waals surface area contributed by atoms with Gasteiger partial charge in [0.15, 0.2) is 0 Å². The second-order valence-electron chi connectivity index (χ2n) is 16.0. The molecule has 4 fully saturated rings. The summed E-state index contributed by atoms with van der Waals surface area (Å²) in [6.45, 7) is 7.01. The molecular weight excluding hydrogens is 520 g/mol. The van der Waals surface area contributed by atoms with Gasteiger partial charge in [-0.1, -0.05) is 116 Å². The zero-order valence-corrected chi connectivity index (χ0v) is 29.3. The Morgan fingerprint density at radius 3 is 1.53 bits per heavy atom. The lowest BCUT2D eigenvalue weighted by Gasteiger charge is -2.41. The zero-order chi connectivity index (χ0) is 30.4. The zero-order valence-electron chi connectivity index (χ0n) is 29.3. The van der Waals surface area contributed by atoms with Crippen LogP contribution in [0.3, 0.4) is 0 Å². The Morgan fingerprint density at radius 2 is 1.00 bits per heavy atom. The van der Waals surface area contributed by atoms with Crippen molar-refractivity contribution < 1.29 is 4.74 Å². The van der Waals surface area contributed by atoms with Crippen molar-refractivity contribution in [1.29, 1.82) is 0 Å². The maximum absolute atomic E-state index is 6.13. The highest BCUT2D eigenvalue weighted by Gasteiger charge is 2.39. The Hall–Kier alpha value is -0.920. The summed E-state index contributed by atoms with van der Waals surface area (Å²) < 4.78 is 6.13. The lowest BCUT2D eigenvalue weighted by atomic mass is 9.63. The molecule has 0 amide bonds. The van der Waals surface area contributed by atoms with Gasteiger partial charge in [-0.25, -0.2) is 0 Å². The van der Waals surface area contributed by atoms with Gasteiger partial charge in [0.25, 0.3) is 0 Å². The monoisotopic (exact) mass is 591 g/mol. The first kappa shape index (κ1) is 34.9. The molecule has 0 N–H and O–H groups in total. The van der Waals surface area contributed by atoms with Crippen LogP contribution in [0.25, 0.3) is 0 Å². The fourth-order valence-electron chi connectivity index (χ4n) is 10.1. The lowest BCUT2D eigenvalue weighted by molar-refractivity contribution is -0.0126. The third kappa shape index (κ3) is 10.6. The van der Waals surface area contributed by atoms with Gasteiger partial charge < -0.3 is 4.74 Å². The average Bonchev–Trinajstić information content (AvgIpc) is 3.05. The van der Waals surface area contributed by atoms with Crippen molar-refractivity contribution in [3.8, 4) is 23.7 Å². The van der Waals surface area contributed by atoms with Crippen molar-refractivity contribution in [3.05, 3.63) is 0 Å². The van der Waals surface area contributed by atoms with E-state index in [4.69, 9.17) is 4.74 Å². The Bertz CT molecular complexity index is 877. The quantitative estimate of drug-likeness (QED) is 0.153. The summed E-state index contributed by atoms with van der Waals surface area (Å²) in [7, 11) is 1.89. The molecule has 0 aromatic heterocycles. The van der Waals surface area contributed by atoms with Crippen molar-refractivity contribution >= 4 is 0 Å². The number of unbranched alkanes of at least 4 members (excludes halogenated alkanes) is 4. The predicted octanol–water partition coefficient (Wildman–Crippen LogP) is 12.3. The van der Waals surface area contributed by atoms with E-state index >= 15 is 0 Å². The third-order valence-electron chi connectivity index (χ3n) is 13.2. The van der Waals surface area contributed by atoms with Crippen LogP contribution in [-0.2, 0) is 4.74 Å². The highest BCUT2D eigenvalue weighted by molar-refractivity contribution is 5.33. The minimum atomic E-state index is -0.257. The minimum absolute atomic E-state index is 0.215. The number of methoxy groups -OCH3 is 1. The van der Waals surface area contributed by atoms with Gasteiger partial charge in [0.05, 0.1) is 0 Å². The molecule has 0 aliphatic heterocycles. The number of hydrogen-bond donors (Lipinski definition) is 0. The van der Waals surface area contributed by atoms with E-state index in [9.17, 15) is 0 Å². The maximum atomic E-state index is 6.13. The standard InChI is InChI=1S/C42H70O/c1-5-8-10-15-36-18-22-37(23-19-36)39-24-31-41(32-25-39,28-11-9-6-2)29-12-13-30-42(43-4)33-26-40(27-34-42)38-20-16-35(14-7-3)17-21-38/h35-40H,5-11,14-28,31-34H2,1-4H3. The molecule has 43 heavy (non-hydrogen) atoms. The van der Waals surface area contributed by atoms with Crippen LogP contribution in [0.4, 0.5) is 0 Å². The first-order chi connectivity index (χ1) is 21.0. The van der Waals surface area contributed by atoms with Crippen molar-refractivity contribution in [1.82, 2.24) is 0 Å². The van der Waals surface area contributed by atoms with Crippen LogP contribution in [0.1, 0.15) is 188 Å². The lowest BCUT2D eigenvalue weighted by Crippen LogP contribution is -2.37. The van der Waals surface area contributed by atoms with Crippen LogP contribution in [0.15, 0.2) is 0 Å². The topological polar surface area (TPSA) is 9.23 Å². The van der Waals surface area contributed by atoms with Gasteiger partial charge in [-0.15, -0.1) is 0 Å². The molecule has 4 rings (SSSR count). The molecular formula is C42H70O. The van der Waals surface area contributed by atoms with Crippen LogP contribution in [0.5, 0.6) is 0 Å². The Morgan fingerprint density at radius 1 is 0.512 bits per heavy atom. The van der Waals surface area contributed by atoms with Crippen molar-refractivity contribution in [2.75, 3.05) is 7.11 Å². The van der Waals surface area contributed by atoms with Gasteiger partial charge in [0.1, 0.15) is 5.60 Å². The van der Waals surface area contributed by atoms with Crippen molar-refractivity contribution in [3.63, 3.8) is 0 Å². The molecule has 4 aliphatic carbocycles. The smallest absolute Gasteiger partial charge is 0.129 e. The van der Waals surface area contributed by atoms with Crippen LogP contribution in [0.2, 0.25) is 0 Å². The molecule has 0 saturated heterocycles. The van der Waals surface area contributed by atoms with Gasteiger partial charge in [-0.3, -0.25) is 0 Å². The second-order valence-corrected chi connectivity index (χ2v) is 16.0. The van der Waals surface area contributed by atoms with E-state index in [0.29, 0.717) is 0 Å². The summed E-state index contributed by atoms with van der Waals surface area (Å²) in [6.07, 6.45) is 35.9. The number of ether oxygens (including phenoxy) is 1. The highest BCUT2D eigenvalue weighted by atomic mass is 16.5. The van der Waals surface area contributed by atoms with Gasteiger partial charge in [-0.05, 0) is 131 Å². The van der Waals surface area contributed by atoms with Crippen molar-refractivity contribution in [2.45, 2.75) is 193 Å². The molecule has 1 nitrogen and oxygen atoms in total. The molecule has 0 aromatic carbocycles. The van der Waals surface area contributed by atoms with E-state index in [1.54, 1.807) is 0 Å². The molecule has 0 radical (unpaired) electrons. The van der Waals surface area contributed by atoms with E-state index in [-0.39, 0.29) is 11.0 Å². The summed E-state index contributed by atoms with van der Waals surface area (Å²) in [4.78, 5) is 0. The molecule has 0 unspecified atom stereocenters. The van der Waals surface area contributed by atoms with E-state index < -0.39 is 0 Å². The number of rotatable bonds is 13. The van der Waals surface area contributed by atoms with E-state index in [1.807, 2.05) is 7.11 Å². The van der Waals surface area contributed by atoms with Crippen LogP contribution >= 0.6 is 0 Å². The minimum Gasteiger partial charge on any atom is -0.366 e. The van der Waals surface area contributed by atoms with Gasteiger partial charge in [0, 0.05) is 12.5 Å². The van der Waals surface area contributed by atoms with E-state index in [2.05, 4.69) is 44.5 Å². The summed E-state index contributed by atoms with van der Waals surface area (Å²) in [5.41, 5.74) is -0.0424. The van der Waals surface area contributed by atoms with E-state index in [0.717, 1.165) is 48.3 Å². The first-order valence-corrected chi connectivity index (χ1v) is 19.6. The van der Waals surface area contributed by atoms with Crippen LogP contribution in [-0.4, -0.2) is 12.7 Å². The molecule has 1 heteroatoms. The summed E-state index contributed by atoms with van der Waals surface area (Å²) in [6, 6.07) is 0. The molecule has 0 bridgehead atoms. The average molecular weight is 591 g/mol. The molecule has 4 aliphatic rings. The predicted molar refractivity (Wildman–Crippen MR) is 186 cm³/mol. The molecule has 0 aromatic rings. The largest absolute Gasteiger partial charge is 0.366 e. The molecule has 0 spiro atoms. The van der Waals surface area contributed by atoms with Crippen LogP contribution in [0, 0.1) is 64.6 Å². The fourth-order valence-corrected chi connectivity index (χ4v) is 10.1. The first-order valence-electron chi connectivity index (χ1n) is 19.6. The van der Waals surface area contributed by atoms with Gasteiger partial charge in [0.2, 0.25) is 0 Å². The molecule has 244 valence electrons. The van der Waals surface area contributed by atoms with Gasteiger partial charge >= 0.3 is 0 Å². The fraction of sp³-hybridized carbons (Fsp3) is 0.905. The highest BCUT2D eigenvalue weighted by Crippen LogP contribution is 2.48. The molecule has 4 saturated carbocycles. The van der Waals surface area contributed by atoms with E-state index in [1.165, 1.54) is 154 Å². The summed E-state index contributed by atoms with van der Waals surface area (Å²) in [5, 5.41) is 0. The summed E-state index contributed by atoms with van der Waals surface area (Å²) >= 11 is 0. The Kier molecular flexibility index (Phi) is 14.9. The Labute approximate surface area is 269 Å². The molecule has 0 atom stereocenters. The van der Waals surface area contributed by atoms with Crippen molar-refractivity contribution in [2.24, 2.45) is 40.9 Å². The van der Waals surface area contributed by atoms with Crippen LogP contribution < -0.4 is 0 Å². The third-order valence-corrected chi connectivity index (χ3v) is 13.2. The van der Waals surface area contributed by atoms with Gasteiger partial charge in [-0.2, -0.15) is 0 Å². The number of hydrogen-bond acceptors (Lipinski definition) is 1.